The van der Waals surface area contributed by atoms with Crippen LogP contribution in [0.5, 0.6) is 0 Å². The van der Waals surface area contributed by atoms with Crippen molar-refractivity contribution in [2.75, 3.05) is 20.1 Å². The zero-order chi connectivity index (χ0) is 8.72. The Hall–Kier alpha value is -0.570. The third-order valence-electron chi connectivity index (χ3n) is 2.86. The molecule has 12 heavy (non-hydrogen) atoms. The minimum Gasteiger partial charge on any atom is -0.326 e. The molecular weight excluding hydrogens is 152 g/mol. The van der Waals surface area contributed by atoms with E-state index in [-0.39, 0.29) is 0 Å². The SMILES string of the molecule is CCN1C(=O)CN(C)C1C1CC1. The van der Waals surface area contributed by atoms with Crippen molar-refractivity contribution in [2.24, 2.45) is 5.92 Å². The van der Waals surface area contributed by atoms with Crippen LogP contribution in [-0.4, -0.2) is 42.0 Å². The normalized spacial score (nSPS) is 31.7. The summed E-state index contributed by atoms with van der Waals surface area (Å²) in [5, 5.41) is 0. The molecule has 1 aliphatic carbocycles. The summed E-state index contributed by atoms with van der Waals surface area (Å²) in [6.07, 6.45) is 3.03. The van der Waals surface area contributed by atoms with Crippen LogP contribution in [0.15, 0.2) is 0 Å². The van der Waals surface area contributed by atoms with Gasteiger partial charge in [0.2, 0.25) is 5.91 Å². The van der Waals surface area contributed by atoms with Gasteiger partial charge in [-0.05, 0) is 32.7 Å². The van der Waals surface area contributed by atoms with Crippen molar-refractivity contribution in [2.45, 2.75) is 25.9 Å². The standard InChI is InChI=1S/C9H16N2O/c1-3-11-8(12)6-10(2)9(11)7-4-5-7/h7,9H,3-6H2,1-2H3. The van der Waals surface area contributed by atoms with E-state index in [1.807, 2.05) is 4.90 Å². The van der Waals surface area contributed by atoms with Crippen molar-refractivity contribution >= 4 is 5.91 Å². The van der Waals surface area contributed by atoms with Gasteiger partial charge in [-0.25, -0.2) is 0 Å². The van der Waals surface area contributed by atoms with E-state index in [0.717, 1.165) is 12.5 Å². The lowest BCUT2D eigenvalue weighted by Crippen LogP contribution is -2.39. The highest BCUT2D eigenvalue weighted by Crippen LogP contribution is 2.38. The molecule has 68 valence electrons. The zero-order valence-electron chi connectivity index (χ0n) is 7.79. The molecule has 1 unspecified atom stereocenters. The predicted octanol–water partition coefficient (Wildman–Crippen LogP) is 0.516. The van der Waals surface area contributed by atoms with Gasteiger partial charge in [-0.1, -0.05) is 0 Å². The molecule has 0 bridgehead atoms. The highest BCUT2D eigenvalue weighted by molar-refractivity contribution is 5.80. The second-order valence-corrected chi connectivity index (χ2v) is 3.85. The van der Waals surface area contributed by atoms with Gasteiger partial charge in [0.05, 0.1) is 12.7 Å². The van der Waals surface area contributed by atoms with Gasteiger partial charge < -0.3 is 4.90 Å². The quantitative estimate of drug-likeness (QED) is 0.600. The van der Waals surface area contributed by atoms with Gasteiger partial charge in [0.15, 0.2) is 0 Å². The van der Waals surface area contributed by atoms with E-state index >= 15 is 0 Å². The summed E-state index contributed by atoms with van der Waals surface area (Å²) >= 11 is 0. The molecule has 1 aliphatic heterocycles. The Bertz CT molecular complexity index is 201. The highest BCUT2D eigenvalue weighted by Gasteiger charge is 2.43. The van der Waals surface area contributed by atoms with Crippen LogP contribution < -0.4 is 0 Å². The second kappa shape index (κ2) is 2.73. The largest absolute Gasteiger partial charge is 0.326 e. The fourth-order valence-electron chi connectivity index (χ4n) is 2.16. The molecule has 3 nitrogen and oxygen atoms in total. The minimum atomic E-state index is 0.303. The molecule has 1 saturated carbocycles. The first-order valence-electron chi connectivity index (χ1n) is 4.73. The van der Waals surface area contributed by atoms with E-state index in [2.05, 4.69) is 18.9 Å². The van der Waals surface area contributed by atoms with Crippen LogP contribution in [0.25, 0.3) is 0 Å². The smallest absolute Gasteiger partial charge is 0.238 e. The monoisotopic (exact) mass is 168 g/mol. The topological polar surface area (TPSA) is 23.6 Å². The van der Waals surface area contributed by atoms with Gasteiger partial charge in [0.1, 0.15) is 0 Å². The molecule has 1 saturated heterocycles. The Morgan fingerprint density at radius 3 is 2.67 bits per heavy atom. The summed E-state index contributed by atoms with van der Waals surface area (Å²) in [6.45, 7) is 3.55. The third kappa shape index (κ3) is 1.12. The van der Waals surface area contributed by atoms with Gasteiger partial charge in [-0.2, -0.15) is 0 Å². The Balaban J connectivity index is 2.11. The number of carbonyl (C=O) groups excluding carboxylic acids is 1. The molecular formula is C9H16N2O. The van der Waals surface area contributed by atoms with Crippen molar-refractivity contribution in [3.8, 4) is 0 Å². The molecule has 3 heteroatoms. The highest BCUT2D eigenvalue weighted by atomic mass is 16.2. The zero-order valence-corrected chi connectivity index (χ0v) is 7.79. The number of carbonyl (C=O) groups is 1. The average molecular weight is 168 g/mol. The van der Waals surface area contributed by atoms with E-state index < -0.39 is 0 Å². The first-order valence-corrected chi connectivity index (χ1v) is 4.73. The molecule has 1 atom stereocenters. The lowest BCUT2D eigenvalue weighted by molar-refractivity contribution is -0.128. The van der Waals surface area contributed by atoms with Gasteiger partial charge in [-0.3, -0.25) is 9.69 Å². The van der Waals surface area contributed by atoms with Gasteiger partial charge >= 0.3 is 0 Å². The summed E-state index contributed by atoms with van der Waals surface area (Å²) in [5.41, 5.74) is 0. The molecule has 0 aromatic rings. The summed E-state index contributed by atoms with van der Waals surface area (Å²) < 4.78 is 0. The summed E-state index contributed by atoms with van der Waals surface area (Å²) in [7, 11) is 2.05. The maximum Gasteiger partial charge on any atom is 0.238 e. The van der Waals surface area contributed by atoms with E-state index in [9.17, 15) is 4.79 Å². The lowest BCUT2D eigenvalue weighted by Gasteiger charge is -2.26. The van der Waals surface area contributed by atoms with Crippen LogP contribution in [-0.2, 0) is 4.79 Å². The Morgan fingerprint density at radius 1 is 1.50 bits per heavy atom. The first kappa shape index (κ1) is 8.05. The fraction of sp³-hybridized carbons (Fsp3) is 0.889. The van der Waals surface area contributed by atoms with Crippen molar-refractivity contribution in [1.29, 1.82) is 0 Å². The summed E-state index contributed by atoms with van der Waals surface area (Å²) in [6, 6.07) is 0. The van der Waals surface area contributed by atoms with Crippen LogP contribution in [0.1, 0.15) is 19.8 Å². The predicted molar refractivity (Wildman–Crippen MR) is 46.5 cm³/mol. The molecule has 2 aliphatic rings. The Kier molecular flexibility index (Phi) is 1.83. The molecule has 0 N–H and O–H groups in total. The molecule has 0 aromatic carbocycles. The van der Waals surface area contributed by atoms with Crippen LogP contribution >= 0.6 is 0 Å². The maximum absolute atomic E-state index is 11.4. The number of nitrogens with zero attached hydrogens (tertiary/aromatic N) is 2. The molecule has 0 aromatic heterocycles. The van der Waals surface area contributed by atoms with Crippen molar-refractivity contribution < 1.29 is 4.79 Å². The molecule has 1 heterocycles. The average Bonchev–Trinajstić information content (AvgIpc) is 2.78. The second-order valence-electron chi connectivity index (χ2n) is 3.85. The van der Waals surface area contributed by atoms with Crippen molar-refractivity contribution in [3.05, 3.63) is 0 Å². The molecule has 2 fully saturated rings. The van der Waals surface area contributed by atoms with Crippen LogP contribution in [0.2, 0.25) is 0 Å². The van der Waals surface area contributed by atoms with Gasteiger partial charge in [0.25, 0.3) is 0 Å². The maximum atomic E-state index is 11.4. The lowest BCUT2D eigenvalue weighted by atomic mass is 10.3. The molecule has 0 radical (unpaired) electrons. The Morgan fingerprint density at radius 2 is 2.17 bits per heavy atom. The minimum absolute atomic E-state index is 0.303. The van der Waals surface area contributed by atoms with Gasteiger partial charge in [-0.15, -0.1) is 0 Å². The van der Waals surface area contributed by atoms with Crippen LogP contribution in [0.4, 0.5) is 0 Å². The summed E-state index contributed by atoms with van der Waals surface area (Å²) in [4.78, 5) is 15.6. The van der Waals surface area contributed by atoms with Crippen LogP contribution in [0, 0.1) is 5.92 Å². The van der Waals surface area contributed by atoms with Crippen LogP contribution in [0.3, 0.4) is 0 Å². The Labute approximate surface area is 73.3 Å². The molecule has 2 rings (SSSR count). The number of hydrogen-bond acceptors (Lipinski definition) is 2. The van der Waals surface area contributed by atoms with E-state index in [4.69, 9.17) is 0 Å². The van der Waals surface area contributed by atoms with Crippen molar-refractivity contribution in [1.82, 2.24) is 9.80 Å². The number of rotatable bonds is 2. The number of likely N-dealkylation sites (N-methyl/N-ethyl adjacent to an activating group) is 2. The molecule has 1 amide bonds. The fourth-order valence-corrected chi connectivity index (χ4v) is 2.16. The van der Waals surface area contributed by atoms with E-state index in [1.54, 1.807) is 0 Å². The van der Waals surface area contributed by atoms with E-state index in [1.165, 1.54) is 12.8 Å². The third-order valence-corrected chi connectivity index (χ3v) is 2.86. The van der Waals surface area contributed by atoms with Crippen molar-refractivity contribution in [3.63, 3.8) is 0 Å². The van der Waals surface area contributed by atoms with Gasteiger partial charge in [0, 0.05) is 6.54 Å². The molecule has 0 spiro atoms. The van der Waals surface area contributed by atoms with E-state index in [0.29, 0.717) is 18.6 Å². The number of hydrogen-bond donors (Lipinski definition) is 0. The summed E-state index contributed by atoms with van der Waals surface area (Å²) in [5.74, 6) is 1.07. The number of amides is 1. The first-order chi connectivity index (χ1) is 5.74.